The Morgan fingerprint density at radius 3 is 2.90 bits per heavy atom. The predicted molar refractivity (Wildman–Crippen MR) is 73.2 cm³/mol. The summed E-state index contributed by atoms with van der Waals surface area (Å²) in [4.78, 5) is 4.30. The van der Waals surface area contributed by atoms with E-state index < -0.39 is 0 Å². The minimum atomic E-state index is -0.231. The molecule has 3 atom stereocenters. The normalized spacial score (nSPS) is 32.4. The van der Waals surface area contributed by atoms with Crippen molar-refractivity contribution in [2.24, 2.45) is 11.3 Å². The maximum absolute atomic E-state index is 10.4. The molecule has 1 N–H and O–H groups in total. The first-order chi connectivity index (χ1) is 9.80. The average molecular weight is 268 g/mol. The molecule has 0 radical (unpaired) electrons. The number of hydrogen-bond acceptors (Lipinski definition) is 3. The molecule has 5 rings (SSSR count). The van der Waals surface area contributed by atoms with Crippen LogP contribution in [0.2, 0.25) is 0 Å². The first-order valence-electron chi connectivity index (χ1n) is 7.17. The SMILES string of the molecule is OC1CC2(COC2)C1[C@@H]1c2ccccc2-c2cncn21. The summed E-state index contributed by atoms with van der Waals surface area (Å²) >= 11 is 0. The summed E-state index contributed by atoms with van der Waals surface area (Å²) in [5.74, 6) is 0.243. The van der Waals surface area contributed by atoms with Crippen molar-refractivity contribution in [2.45, 2.75) is 18.6 Å². The van der Waals surface area contributed by atoms with E-state index in [-0.39, 0.29) is 23.5 Å². The van der Waals surface area contributed by atoms with Crippen LogP contribution in [0.4, 0.5) is 0 Å². The number of aromatic nitrogens is 2. The molecule has 102 valence electrons. The van der Waals surface area contributed by atoms with Gasteiger partial charge in [0.1, 0.15) is 0 Å². The number of aliphatic hydroxyl groups is 1. The van der Waals surface area contributed by atoms with Gasteiger partial charge in [-0.1, -0.05) is 24.3 Å². The number of nitrogens with zero attached hydrogens (tertiary/aromatic N) is 2. The number of fused-ring (bicyclic) bond motifs is 3. The second-order valence-corrected chi connectivity index (χ2v) is 6.37. The lowest BCUT2D eigenvalue weighted by Crippen LogP contribution is -2.64. The highest BCUT2D eigenvalue weighted by molar-refractivity contribution is 5.69. The summed E-state index contributed by atoms with van der Waals surface area (Å²) in [5, 5.41) is 10.4. The maximum Gasteiger partial charge on any atom is 0.0956 e. The Bertz CT molecular complexity index is 689. The molecule has 1 spiro atoms. The Morgan fingerprint density at radius 1 is 1.30 bits per heavy atom. The molecule has 0 amide bonds. The molecule has 20 heavy (non-hydrogen) atoms. The Kier molecular flexibility index (Phi) is 1.94. The fourth-order valence-corrected chi connectivity index (χ4v) is 4.39. The second-order valence-electron chi connectivity index (χ2n) is 6.37. The number of imidazole rings is 1. The van der Waals surface area contributed by atoms with Crippen molar-refractivity contribution in [3.05, 3.63) is 42.4 Å². The number of benzene rings is 1. The zero-order valence-electron chi connectivity index (χ0n) is 11.1. The smallest absolute Gasteiger partial charge is 0.0956 e. The molecule has 2 aliphatic heterocycles. The molecule has 1 aromatic heterocycles. The summed E-state index contributed by atoms with van der Waals surface area (Å²) in [6, 6.07) is 8.69. The van der Waals surface area contributed by atoms with Crippen LogP contribution in [0.15, 0.2) is 36.8 Å². The van der Waals surface area contributed by atoms with Crippen LogP contribution in [-0.2, 0) is 4.74 Å². The van der Waals surface area contributed by atoms with Gasteiger partial charge in [-0.2, -0.15) is 0 Å². The molecule has 2 fully saturated rings. The maximum atomic E-state index is 10.4. The van der Waals surface area contributed by atoms with Gasteiger partial charge in [-0.25, -0.2) is 4.98 Å². The first-order valence-corrected chi connectivity index (χ1v) is 7.17. The van der Waals surface area contributed by atoms with Gasteiger partial charge < -0.3 is 14.4 Å². The third kappa shape index (κ3) is 1.13. The topological polar surface area (TPSA) is 47.3 Å². The van der Waals surface area contributed by atoms with E-state index in [1.807, 2.05) is 12.5 Å². The third-order valence-corrected chi connectivity index (χ3v) is 5.38. The molecule has 1 aromatic carbocycles. The van der Waals surface area contributed by atoms with E-state index in [1.54, 1.807) is 0 Å². The van der Waals surface area contributed by atoms with E-state index in [0.29, 0.717) is 0 Å². The van der Waals surface area contributed by atoms with Gasteiger partial charge in [-0.15, -0.1) is 0 Å². The quantitative estimate of drug-likeness (QED) is 0.858. The second kappa shape index (κ2) is 3.51. The molecule has 2 unspecified atom stereocenters. The summed E-state index contributed by atoms with van der Waals surface area (Å²) < 4.78 is 7.67. The Balaban J connectivity index is 1.68. The van der Waals surface area contributed by atoms with Crippen molar-refractivity contribution in [1.29, 1.82) is 0 Å². The molecular formula is C16H16N2O2. The van der Waals surface area contributed by atoms with Gasteiger partial charge in [0.05, 0.1) is 43.6 Å². The molecular weight excluding hydrogens is 252 g/mol. The van der Waals surface area contributed by atoms with E-state index in [2.05, 4.69) is 33.8 Å². The summed E-state index contributed by atoms with van der Waals surface area (Å²) in [5.41, 5.74) is 3.92. The van der Waals surface area contributed by atoms with Gasteiger partial charge in [0.15, 0.2) is 0 Å². The zero-order valence-corrected chi connectivity index (χ0v) is 11.1. The number of aliphatic hydroxyl groups excluding tert-OH is 1. The molecule has 4 heteroatoms. The van der Waals surface area contributed by atoms with Crippen molar-refractivity contribution in [2.75, 3.05) is 13.2 Å². The van der Waals surface area contributed by atoms with Gasteiger partial charge in [-0.05, 0) is 12.0 Å². The number of rotatable bonds is 1. The van der Waals surface area contributed by atoms with Crippen LogP contribution in [0.1, 0.15) is 18.0 Å². The standard InChI is InChI=1S/C16H16N2O2/c19-13-5-16(7-20-8-16)14(13)15-11-4-2-1-3-10(11)12-6-17-9-18(12)15/h1-4,6,9,13-15,19H,5,7-8H2/t13?,14?,15-/m0/s1. The van der Waals surface area contributed by atoms with E-state index in [9.17, 15) is 5.11 Å². The molecule has 1 saturated carbocycles. The lowest BCUT2D eigenvalue weighted by molar-refractivity contribution is -0.250. The Hall–Kier alpha value is -1.65. The molecule has 1 aliphatic carbocycles. The van der Waals surface area contributed by atoms with Gasteiger partial charge in [0, 0.05) is 16.9 Å². The monoisotopic (exact) mass is 268 g/mol. The number of hydrogen-bond donors (Lipinski definition) is 1. The Labute approximate surface area is 117 Å². The molecule has 1 saturated heterocycles. The Morgan fingerprint density at radius 2 is 2.15 bits per heavy atom. The van der Waals surface area contributed by atoms with Crippen molar-refractivity contribution in [3.63, 3.8) is 0 Å². The van der Waals surface area contributed by atoms with Crippen molar-refractivity contribution >= 4 is 0 Å². The van der Waals surface area contributed by atoms with Crippen LogP contribution in [0.25, 0.3) is 11.3 Å². The van der Waals surface area contributed by atoms with Gasteiger partial charge in [0.25, 0.3) is 0 Å². The number of ether oxygens (including phenoxy) is 1. The lowest BCUT2D eigenvalue weighted by atomic mass is 9.53. The molecule has 2 aromatic rings. The largest absolute Gasteiger partial charge is 0.393 e. The van der Waals surface area contributed by atoms with Crippen molar-refractivity contribution < 1.29 is 9.84 Å². The van der Waals surface area contributed by atoms with Crippen LogP contribution >= 0.6 is 0 Å². The van der Waals surface area contributed by atoms with Gasteiger partial charge >= 0.3 is 0 Å². The summed E-state index contributed by atoms with van der Waals surface area (Å²) in [6.45, 7) is 1.58. The summed E-state index contributed by atoms with van der Waals surface area (Å²) in [6.07, 6.45) is 4.47. The van der Waals surface area contributed by atoms with Crippen LogP contribution in [0.3, 0.4) is 0 Å². The van der Waals surface area contributed by atoms with Crippen LogP contribution in [0.5, 0.6) is 0 Å². The van der Waals surface area contributed by atoms with E-state index in [0.717, 1.165) is 19.6 Å². The van der Waals surface area contributed by atoms with Crippen LogP contribution < -0.4 is 0 Å². The highest BCUT2D eigenvalue weighted by Gasteiger charge is 2.62. The minimum Gasteiger partial charge on any atom is -0.393 e. The fourth-order valence-electron chi connectivity index (χ4n) is 4.39. The molecule has 4 nitrogen and oxygen atoms in total. The molecule has 3 aliphatic rings. The highest BCUT2D eigenvalue weighted by Crippen LogP contribution is 2.60. The van der Waals surface area contributed by atoms with Crippen molar-refractivity contribution in [3.8, 4) is 11.3 Å². The third-order valence-electron chi connectivity index (χ3n) is 5.38. The zero-order chi connectivity index (χ0) is 13.3. The first kappa shape index (κ1) is 11.1. The van der Waals surface area contributed by atoms with Crippen LogP contribution in [-0.4, -0.2) is 34.0 Å². The van der Waals surface area contributed by atoms with E-state index in [1.165, 1.54) is 16.8 Å². The van der Waals surface area contributed by atoms with Gasteiger partial charge in [0.2, 0.25) is 0 Å². The molecule has 3 heterocycles. The summed E-state index contributed by atoms with van der Waals surface area (Å²) in [7, 11) is 0. The van der Waals surface area contributed by atoms with E-state index in [4.69, 9.17) is 4.74 Å². The van der Waals surface area contributed by atoms with Gasteiger partial charge in [-0.3, -0.25) is 0 Å². The predicted octanol–water partition coefficient (Wildman–Crippen LogP) is 1.85. The molecule has 0 bridgehead atoms. The fraction of sp³-hybridized carbons (Fsp3) is 0.438. The average Bonchev–Trinajstić information content (AvgIpc) is 2.97. The van der Waals surface area contributed by atoms with Crippen molar-refractivity contribution in [1.82, 2.24) is 9.55 Å². The van der Waals surface area contributed by atoms with E-state index >= 15 is 0 Å². The lowest BCUT2D eigenvalue weighted by Gasteiger charge is -2.60. The minimum absolute atomic E-state index is 0.184. The van der Waals surface area contributed by atoms with Crippen LogP contribution in [0, 0.1) is 11.3 Å². The highest BCUT2D eigenvalue weighted by atomic mass is 16.5.